The molecule has 16 nitrogen and oxygen atoms in total. The van der Waals surface area contributed by atoms with Crippen molar-refractivity contribution in [2.24, 2.45) is 0 Å². The molecule has 0 aliphatic carbocycles. The van der Waals surface area contributed by atoms with Gasteiger partial charge >= 0.3 is 36.4 Å². The summed E-state index contributed by atoms with van der Waals surface area (Å²) in [7, 11) is 0. The molecule has 1 amide bonds. The van der Waals surface area contributed by atoms with Gasteiger partial charge in [0.2, 0.25) is 5.95 Å². The van der Waals surface area contributed by atoms with Gasteiger partial charge in [0, 0.05) is 43.8 Å². The number of benzene rings is 2. The number of aromatic nitrogens is 3. The summed E-state index contributed by atoms with van der Waals surface area (Å²) in [4.78, 5) is 57.0. The van der Waals surface area contributed by atoms with Crippen LogP contribution in [0.2, 0.25) is 5.02 Å². The third-order valence-electron chi connectivity index (χ3n) is 7.87. The number of aryl methyl sites for hydroxylation is 2. The average Bonchev–Trinajstić information content (AvgIpc) is 3.21. The third kappa shape index (κ3) is 15.8. The highest BCUT2D eigenvalue weighted by molar-refractivity contribution is 6.32. The maximum atomic E-state index is 13.1. The highest BCUT2D eigenvalue weighted by atomic mass is 35.5. The van der Waals surface area contributed by atoms with Gasteiger partial charge in [0.1, 0.15) is 10.8 Å². The number of rotatable bonds is 4. The van der Waals surface area contributed by atoms with Crippen LogP contribution in [0, 0.1) is 11.3 Å². The van der Waals surface area contributed by atoms with E-state index in [9.17, 15) is 44.3 Å². The molecule has 1 saturated heterocycles. The molecular weight excluding hydrogens is 879 g/mol. The molecule has 2 aliphatic rings. The van der Waals surface area contributed by atoms with Crippen LogP contribution in [0.15, 0.2) is 67.1 Å². The number of fused-ring (bicyclic) bond motifs is 6. The van der Waals surface area contributed by atoms with Gasteiger partial charge in [-0.25, -0.2) is 19.4 Å². The van der Waals surface area contributed by atoms with E-state index in [2.05, 4.69) is 36.6 Å². The molecule has 0 atom stereocenters. The van der Waals surface area contributed by atoms with Gasteiger partial charge in [-0.1, -0.05) is 11.6 Å². The number of nitriles is 1. The first-order chi connectivity index (χ1) is 28.9. The Labute approximate surface area is 348 Å². The normalized spacial score (nSPS) is 13.3. The topological polar surface area (TPSA) is 231 Å². The molecule has 6 rings (SSSR count). The minimum atomic E-state index is -5.08. The number of amides is 1. The van der Waals surface area contributed by atoms with E-state index in [0.717, 1.165) is 47.7 Å². The average molecular weight is 909 g/mol. The van der Waals surface area contributed by atoms with Crippen molar-refractivity contribution in [3.05, 3.63) is 88.8 Å². The highest BCUT2D eigenvalue weighted by Crippen LogP contribution is 2.30. The number of carbonyl (C=O) groups is 4. The summed E-state index contributed by atoms with van der Waals surface area (Å²) in [5.74, 6) is -6.78. The summed E-state index contributed by atoms with van der Waals surface area (Å²) in [6.45, 7) is 2.61. The lowest BCUT2D eigenvalue weighted by Crippen LogP contribution is -2.50. The zero-order valence-electron chi connectivity index (χ0n) is 31.1. The Morgan fingerprint density at radius 3 is 1.85 bits per heavy atom. The number of carboxylic acids is 3. The van der Waals surface area contributed by atoms with E-state index in [4.69, 9.17) is 51.3 Å². The second-order valence-electron chi connectivity index (χ2n) is 12.3. The minimum absolute atomic E-state index is 0.0430. The monoisotopic (exact) mass is 908 g/mol. The molecule has 0 radical (unpaired) electrons. The largest absolute Gasteiger partial charge is 0.490 e. The molecule has 6 bridgehead atoms. The summed E-state index contributed by atoms with van der Waals surface area (Å²) >= 11 is 6.37. The van der Waals surface area contributed by atoms with Crippen molar-refractivity contribution in [1.82, 2.24) is 19.9 Å². The molecule has 4 aromatic rings. The Bertz CT molecular complexity index is 2190. The number of hydrogen-bond acceptors (Lipinski definition) is 12. The SMILES string of the molecule is N#Cc1ccc(N2CCN(C(=O)COc3ccc4cc3CCc3cncc(c3)Nc3ncc(Cl)c(n3)N4)CC2)cc1.O=C(O)C(F)(F)F.O=C(O)C(F)(F)F.O=C(O)C(F)(F)F. The van der Waals surface area contributed by atoms with Crippen LogP contribution in [-0.2, 0) is 32.0 Å². The van der Waals surface area contributed by atoms with Crippen LogP contribution >= 0.6 is 11.6 Å². The van der Waals surface area contributed by atoms with Crippen molar-refractivity contribution in [3.63, 3.8) is 0 Å². The fourth-order valence-corrected chi connectivity index (χ4v) is 5.08. The van der Waals surface area contributed by atoms with E-state index in [1.54, 1.807) is 12.4 Å². The van der Waals surface area contributed by atoms with Crippen molar-refractivity contribution in [2.75, 3.05) is 48.3 Å². The van der Waals surface area contributed by atoms with Crippen molar-refractivity contribution in [2.45, 2.75) is 31.4 Å². The van der Waals surface area contributed by atoms with E-state index in [-0.39, 0.29) is 12.5 Å². The molecule has 26 heteroatoms. The predicted octanol–water partition coefficient (Wildman–Crippen LogP) is 6.61. The molecule has 2 aliphatic heterocycles. The summed E-state index contributed by atoms with van der Waals surface area (Å²) in [5.41, 5.74) is 5.27. The number of halogens is 10. The van der Waals surface area contributed by atoms with Gasteiger partial charge in [-0.3, -0.25) is 9.78 Å². The van der Waals surface area contributed by atoms with Crippen LogP contribution in [0.4, 0.5) is 68.3 Å². The Morgan fingerprint density at radius 2 is 1.32 bits per heavy atom. The van der Waals surface area contributed by atoms with E-state index >= 15 is 0 Å². The van der Waals surface area contributed by atoms with Gasteiger partial charge < -0.3 is 40.5 Å². The van der Waals surface area contributed by atoms with Gasteiger partial charge in [0.15, 0.2) is 12.4 Å². The molecular formula is C36H30ClF9N8O8. The van der Waals surface area contributed by atoms with E-state index in [1.807, 2.05) is 59.6 Å². The molecule has 4 heterocycles. The number of hydrogen-bond donors (Lipinski definition) is 5. The number of ether oxygens (including phenoxy) is 1. The van der Waals surface area contributed by atoms with E-state index in [0.29, 0.717) is 47.6 Å². The number of alkyl halides is 9. The van der Waals surface area contributed by atoms with Gasteiger partial charge in [-0.2, -0.15) is 49.8 Å². The first kappa shape index (κ1) is 49.3. The van der Waals surface area contributed by atoms with Gasteiger partial charge in [-0.15, -0.1) is 0 Å². The van der Waals surface area contributed by atoms with Crippen molar-refractivity contribution in [1.29, 1.82) is 5.26 Å². The second-order valence-corrected chi connectivity index (χ2v) is 12.7. The number of piperazine rings is 1. The Balaban J connectivity index is 0.000000403. The zero-order chi connectivity index (χ0) is 46.4. The van der Waals surface area contributed by atoms with Crippen molar-refractivity contribution < 1.29 is 78.7 Å². The summed E-state index contributed by atoms with van der Waals surface area (Å²) in [6, 6.07) is 17.4. The number of pyridine rings is 1. The standard InChI is InChI=1S/C30H27ClN8O2.3C2HF3O2/c31-26-18-34-30-36-24-13-21(16-33-17-24)1-4-22-14-23(35-29(26)37-30)5-8-27(22)41-19-28(40)39-11-9-38(10-12-39)25-6-2-20(15-32)3-7-25;3*3-2(4,5)1(6)7/h2-3,5-8,13-14,16-18H,1,4,9-12,19H2,(H2,34,35,36,37);3*(H,6,7). The minimum Gasteiger partial charge on any atom is -0.483 e. The molecule has 5 N–H and O–H groups in total. The number of anilines is 5. The molecule has 1 fully saturated rings. The summed E-state index contributed by atoms with van der Waals surface area (Å²) < 4.78 is 101. The molecule has 0 unspecified atom stereocenters. The molecule has 2 aromatic heterocycles. The smallest absolute Gasteiger partial charge is 0.483 e. The van der Waals surface area contributed by atoms with Crippen LogP contribution in [0.5, 0.6) is 5.75 Å². The maximum absolute atomic E-state index is 13.1. The molecule has 2 aromatic carbocycles. The second kappa shape index (κ2) is 21.4. The molecule has 0 saturated carbocycles. The Morgan fingerprint density at radius 1 is 0.758 bits per heavy atom. The first-order valence-corrected chi connectivity index (χ1v) is 17.4. The van der Waals surface area contributed by atoms with Crippen LogP contribution in [0.3, 0.4) is 0 Å². The fraction of sp³-hybridized carbons (Fsp3) is 0.278. The Hall–Kier alpha value is -7.10. The fourth-order valence-electron chi connectivity index (χ4n) is 4.94. The lowest BCUT2D eigenvalue weighted by atomic mass is 10.0. The summed E-state index contributed by atoms with van der Waals surface area (Å²) in [5, 5.41) is 37.3. The van der Waals surface area contributed by atoms with Gasteiger partial charge in [-0.05, 0) is 72.5 Å². The molecule has 62 heavy (non-hydrogen) atoms. The number of carbonyl (C=O) groups excluding carboxylic acids is 1. The lowest BCUT2D eigenvalue weighted by Gasteiger charge is -2.36. The van der Waals surface area contributed by atoms with Crippen LogP contribution in [0.1, 0.15) is 16.7 Å². The molecule has 0 spiro atoms. The van der Waals surface area contributed by atoms with Crippen molar-refractivity contribution >= 4 is 64.2 Å². The van der Waals surface area contributed by atoms with Crippen LogP contribution in [-0.4, -0.2) is 110 Å². The van der Waals surface area contributed by atoms with Gasteiger partial charge in [0.25, 0.3) is 5.91 Å². The Kier molecular flexibility index (Phi) is 17.0. The lowest BCUT2D eigenvalue weighted by molar-refractivity contribution is -0.193. The van der Waals surface area contributed by atoms with E-state index < -0.39 is 36.4 Å². The predicted molar refractivity (Wildman–Crippen MR) is 198 cm³/mol. The third-order valence-corrected chi connectivity index (χ3v) is 8.15. The number of carboxylic acid groups (broad SMARTS) is 3. The maximum Gasteiger partial charge on any atom is 0.490 e. The zero-order valence-corrected chi connectivity index (χ0v) is 31.9. The number of nitrogens with zero attached hydrogens (tertiary/aromatic N) is 6. The van der Waals surface area contributed by atoms with Crippen LogP contribution < -0.4 is 20.3 Å². The van der Waals surface area contributed by atoms with Crippen molar-refractivity contribution in [3.8, 4) is 11.8 Å². The first-order valence-electron chi connectivity index (χ1n) is 17.1. The highest BCUT2D eigenvalue weighted by Gasteiger charge is 2.39. The number of aliphatic carboxylic acids is 3. The summed E-state index contributed by atoms with van der Waals surface area (Å²) in [6.07, 6.45) is -8.73. The quantitative estimate of drug-likeness (QED) is 0.136. The van der Waals surface area contributed by atoms with Gasteiger partial charge in [0.05, 0.1) is 29.7 Å². The molecule has 332 valence electrons. The van der Waals surface area contributed by atoms with Crippen LogP contribution in [0.25, 0.3) is 0 Å². The number of nitrogens with one attached hydrogen (secondary N) is 2. The van der Waals surface area contributed by atoms with E-state index in [1.165, 1.54) is 0 Å².